The maximum Gasteiger partial charge on any atom is 0.0730 e. The molecule has 73 heavy (non-hydrogen) atoms. The van der Waals surface area contributed by atoms with Crippen LogP contribution in [0.5, 0.6) is 0 Å². The number of pyridine rings is 1. The molecule has 4 heteroatoms. The maximum atomic E-state index is 5.47. The zero-order valence-corrected chi connectivity index (χ0v) is 41.0. The van der Waals surface area contributed by atoms with Gasteiger partial charge in [0, 0.05) is 50.0 Å². The Bertz CT molecular complexity index is 4400. The third-order valence-electron chi connectivity index (χ3n) is 14.6. The molecule has 0 aliphatic heterocycles. The summed E-state index contributed by atoms with van der Waals surface area (Å²) in [4.78, 5) is 10.9. The lowest BCUT2D eigenvalue weighted by atomic mass is 10.0. The van der Waals surface area contributed by atoms with E-state index >= 15 is 0 Å². The van der Waals surface area contributed by atoms with Crippen LogP contribution in [0.25, 0.3) is 121 Å². The first-order valence-electron chi connectivity index (χ1n) is 25.0. The fourth-order valence-corrected chi connectivity index (χ4v) is 11.0. The summed E-state index contributed by atoms with van der Waals surface area (Å²) in [5.41, 5.74) is 15.2. The summed E-state index contributed by atoms with van der Waals surface area (Å²) in [5.74, 6) is 0. The molecule has 3 aromatic heterocycles. The second-order valence-corrected chi connectivity index (χ2v) is 19.1. The quantitative estimate of drug-likeness (QED) is 0.105. The molecule has 0 unspecified atom stereocenters. The molecular formula is C69H50N4. The molecule has 0 aliphatic carbocycles. The third kappa shape index (κ3) is 7.63. The molecular weight excluding hydrogens is 885 g/mol. The number of aromatic nitrogens is 3. The van der Waals surface area contributed by atoms with Gasteiger partial charge in [0.05, 0.1) is 39.3 Å². The number of hydrogen-bond donors (Lipinski definition) is 0. The predicted molar refractivity (Wildman–Crippen MR) is 313 cm³/mol. The highest BCUT2D eigenvalue weighted by molar-refractivity contribution is 6.20. The lowest BCUT2D eigenvalue weighted by molar-refractivity contribution is 1.15. The molecule has 3 heterocycles. The highest BCUT2D eigenvalue weighted by Gasteiger charge is 2.23. The molecule has 0 fully saturated rings. The number of aryl methyl sites for hydroxylation is 1. The van der Waals surface area contributed by atoms with Crippen molar-refractivity contribution in [2.45, 2.75) is 20.8 Å². The largest absolute Gasteiger partial charge is 0.310 e. The van der Waals surface area contributed by atoms with Gasteiger partial charge in [0.1, 0.15) is 0 Å². The third-order valence-corrected chi connectivity index (χ3v) is 14.6. The smallest absolute Gasteiger partial charge is 0.0730 e. The summed E-state index contributed by atoms with van der Waals surface area (Å²) < 4.78 is 4.79. The molecule has 0 radical (unpaired) electrons. The topological polar surface area (TPSA) is 35.1 Å². The summed E-state index contributed by atoms with van der Waals surface area (Å²) >= 11 is 0. The van der Waals surface area contributed by atoms with Crippen molar-refractivity contribution in [3.63, 3.8) is 0 Å². The minimum absolute atomic E-state index is 0.813. The Kier molecular flexibility index (Phi) is 10.6. The molecule has 0 bridgehead atoms. The van der Waals surface area contributed by atoms with Crippen molar-refractivity contribution in [1.29, 1.82) is 0 Å². The molecule has 0 saturated heterocycles. The van der Waals surface area contributed by atoms with Gasteiger partial charge in [0.15, 0.2) is 0 Å². The fraction of sp³-hybridized carbons (Fsp3) is 0.0435. The van der Waals surface area contributed by atoms with Crippen LogP contribution in [-0.4, -0.2) is 19.8 Å². The van der Waals surface area contributed by atoms with E-state index < -0.39 is 0 Å². The van der Waals surface area contributed by atoms with Crippen LogP contribution in [0.2, 0.25) is 0 Å². The van der Waals surface area contributed by atoms with Crippen molar-refractivity contribution in [3.8, 4) is 28.2 Å². The molecule has 0 N–H and O–H groups in total. The van der Waals surface area contributed by atoms with E-state index in [1.54, 1.807) is 0 Å². The van der Waals surface area contributed by atoms with Gasteiger partial charge in [-0.15, -0.1) is 0 Å². The Morgan fingerprint density at radius 3 is 1.60 bits per heavy atom. The number of nitrogens with zero attached hydrogens (tertiary/aromatic N) is 4. The van der Waals surface area contributed by atoms with Crippen molar-refractivity contribution in [3.05, 3.63) is 260 Å². The van der Waals surface area contributed by atoms with E-state index in [1.165, 1.54) is 54.0 Å². The van der Waals surface area contributed by atoms with E-state index in [9.17, 15) is 0 Å². The maximum absolute atomic E-state index is 5.47. The van der Waals surface area contributed by atoms with E-state index in [2.05, 4.69) is 267 Å². The number of hydrogen-bond acceptors (Lipinski definition) is 2. The molecule has 4 nitrogen and oxygen atoms in total. The minimum atomic E-state index is 0.813. The van der Waals surface area contributed by atoms with Gasteiger partial charge < -0.3 is 9.13 Å². The Balaban J connectivity index is 1.04. The van der Waals surface area contributed by atoms with Crippen molar-refractivity contribution in [2.75, 3.05) is 0 Å². The van der Waals surface area contributed by atoms with Gasteiger partial charge in [0.25, 0.3) is 0 Å². The van der Waals surface area contributed by atoms with Crippen LogP contribution in [0.3, 0.4) is 0 Å². The predicted octanol–water partition coefficient (Wildman–Crippen LogP) is 18.4. The Hall–Kier alpha value is -9.38. The first-order valence-corrected chi connectivity index (χ1v) is 25.0. The van der Waals surface area contributed by atoms with E-state index in [-0.39, 0.29) is 0 Å². The van der Waals surface area contributed by atoms with Gasteiger partial charge >= 0.3 is 0 Å². The van der Waals surface area contributed by atoms with Crippen LogP contribution in [-0.2, 0) is 0 Å². The average Bonchev–Trinajstić information content (AvgIpc) is 3.93. The van der Waals surface area contributed by atoms with Crippen molar-refractivity contribution in [1.82, 2.24) is 14.1 Å². The molecule has 0 spiro atoms. The highest BCUT2D eigenvalue weighted by atomic mass is 15.0. The molecule has 0 amide bonds. The molecule has 13 aromatic rings. The van der Waals surface area contributed by atoms with E-state index in [0.717, 1.165) is 89.5 Å². The zero-order valence-electron chi connectivity index (χ0n) is 41.0. The summed E-state index contributed by atoms with van der Waals surface area (Å²) in [6.07, 6.45) is 6.51. The second kappa shape index (κ2) is 17.8. The van der Waals surface area contributed by atoms with Gasteiger partial charge in [0.2, 0.25) is 0 Å². The normalized spacial score (nSPS) is 12.5. The number of rotatable bonds is 9. The first kappa shape index (κ1) is 43.6. The zero-order chi connectivity index (χ0) is 49.2. The summed E-state index contributed by atoms with van der Waals surface area (Å²) in [5, 5.41) is 13.0. The molecule has 13 rings (SSSR count). The van der Waals surface area contributed by atoms with Gasteiger partial charge in [-0.1, -0.05) is 183 Å². The Morgan fingerprint density at radius 2 is 1.01 bits per heavy atom. The number of fused-ring (bicyclic) bond motifs is 9. The van der Waals surface area contributed by atoms with E-state index in [4.69, 9.17) is 16.6 Å². The first-order chi connectivity index (χ1) is 35.9. The van der Waals surface area contributed by atoms with Crippen LogP contribution in [0.15, 0.2) is 242 Å². The molecule has 0 saturated carbocycles. The highest BCUT2D eigenvalue weighted by Crippen LogP contribution is 2.43. The van der Waals surface area contributed by atoms with Crippen LogP contribution >= 0.6 is 0 Å². The van der Waals surface area contributed by atoms with Crippen molar-refractivity contribution >= 4 is 99.0 Å². The van der Waals surface area contributed by atoms with Gasteiger partial charge in [-0.2, -0.15) is 0 Å². The van der Waals surface area contributed by atoms with Crippen molar-refractivity contribution in [2.24, 2.45) is 4.99 Å². The van der Waals surface area contributed by atoms with Crippen molar-refractivity contribution < 1.29 is 0 Å². The number of aliphatic imine (C=N–C) groups is 1. The van der Waals surface area contributed by atoms with E-state index in [0.29, 0.717) is 0 Å². The molecule has 10 aromatic carbocycles. The van der Waals surface area contributed by atoms with Gasteiger partial charge in [-0.05, 0) is 136 Å². The van der Waals surface area contributed by atoms with Gasteiger partial charge in [-0.3, -0.25) is 4.99 Å². The standard InChI is InChI=1S/C69H50N4/c1-5-16-65-45(3)68-67(72(65)44(2)37-62(56-32-28-48-18-7-11-22-53(48)39-56)70-46(4)51-31-27-47-17-6-10-21-52(47)38-51)36-35-61-60-25-14-15-26-66(60)73(69(61)68)59-42-63(57-33-29-49-19-8-12-23-54(49)40-57)71-64(43-59)58-34-30-50-20-9-13-24-55(50)41-58/h5-43H,2H2,1,3-4H3/b16-5-,62-37-,70-46?. The van der Waals surface area contributed by atoms with Crippen LogP contribution in [0.1, 0.15) is 36.2 Å². The fourth-order valence-electron chi connectivity index (χ4n) is 11.0. The molecule has 0 atom stereocenters. The monoisotopic (exact) mass is 934 g/mol. The summed E-state index contributed by atoms with van der Waals surface area (Å²) in [6.45, 7) is 11.3. The molecule has 346 valence electrons. The Morgan fingerprint density at radius 1 is 0.507 bits per heavy atom. The summed E-state index contributed by atoms with van der Waals surface area (Å²) in [7, 11) is 0. The Labute approximate surface area is 424 Å². The van der Waals surface area contributed by atoms with Gasteiger partial charge in [-0.25, -0.2) is 4.98 Å². The minimum Gasteiger partial charge on any atom is -0.310 e. The van der Waals surface area contributed by atoms with Crippen LogP contribution in [0, 0.1) is 6.92 Å². The number of benzene rings is 10. The van der Waals surface area contributed by atoms with Crippen LogP contribution < -0.4 is 0 Å². The SMILES string of the molecule is C=C(/C=C(\N=C(C)c1ccc2ccccc2c1)c1ccc2ccccc2c1)n1c(/C=C\C)c(C)c2c1ccc1c3ccccc3n(-c3cc(-c4ccc5ccccc5c4)nc(-c4ccc5ccccc5c4)c3)c12. The lowest BCUT2D eigenvalue weighted by Crippen LogP contribution is -2.00. The van der Waals surface area contributed by atoms with E-state index in [1.807, 2.05) is 0 Å². The summed E-state index contributed by atoms with van der Waals surface area (Å²) in [6, 6.07) is 78.5. The number of para-hydroxylation sites is 1. The second-order valence-electron chi connectivity index (χ2n) is 19.1. The average molecular weight is 935 g/mol. The lowest BCUT2D eigenvalue weighted by Gasteiger charge is -2.15. The molecule has 0 aliphatic rings. The van der Waals surface area contributed by atoms with Crippen LogP contribution in [0.4, 0.5) is 0 Å². The number of allylic oxidation sites excluding steroid dienone is 3.